The van der Waals surface area contributed by atoms with Crippen molar-refractivity contribution in [3.63, 3.8) is 0 Å². The van der Waals surface area contributed by atoms with Crippen LogP contribution < -0.4 is 5.32 Å². The van der Waals surface area contributed by atoms with Crippen molar-refractivity contribution in [3.8, 4) is 6.07 Å². The molecular weight excluding hydrogens is 370 g/mol. The summed E-state index contributed by atoms with van der Waals surface area (Å²) in [6.45, 7) is 4.09. The maximum Gasteiger partial charge on any atom is 0.153 e. The molecule has 1 aliphatic carbocycles. The van der Waals surface area contributed by atoms with Crippen molar-refractivity contribution in [1.82, 2.24) is 9.97 Å². The number of allylic oxidation sites excluding steroid dienone is 4. The highest BCUT2D eigenvalue weighted by atomic mass is 15.0. The topological polar surface area (TPSA) is 74.0 Å². The van der Waals surface area contributed by atoms with Crippen LogP contribution >= 0.6 is 0 Å². The third-order valence-corrected chi connectivity index (χ3v) is 4.78. The van der Waals surface area contributed by atoms with Gasteiger partial charge in [0.25, 0.3) is 0 Å². The van der Waals surface area contributed by atoms with Gasteiger partial charge in [-0.25, -0.2) is 15.0 Å². The minimum Gasteiger partial charge on any atom is -0.367 e. The van der Waals surface area contributed by atoms with E-state index in [1.54, 1.807) is 12.3 Å². The quantitative estimate of drug-likeness (QED) is 0.563. The van der Waals surface area contributed by atoms with Crippen molar-refractivity contribution in [1.29, 1.82) is 5.26 Å². The molecule has 3 aromatic rings. The first-order valence-corrected chi connectivity index (χ1v) is 10.1. The van der Waals surface area contributed by atoms with Crippen molar-refractivity contribution >= 4 is 28.1 Å². The van der Waals surface area contributed by atoms with Crippen molar-refractivity contribution in [2.75, 3.05) is 5.32 Å². The average molecular weight is 393 g/mol. The van der Waals surface area contributed by atoms with Crippen molar-refractivity contribution in [2.24, 2.45) is 4.99 Å². The normalized spacial score (nSPS) is 13.9. The van der Waals surface area contributed by atoms with Crippen molar-refractivity contribution < 1.29 is 0 Å². The second-order valence-corrected chi connectivity index (χ2v) is 7.50. The van der Waals surface area contributed by atoms with E-state index in [-0.39, 0.29) is 6.04 Å². The summed E-state index contributed by atoms with van der Waals surface area (Å²) in [5.74, 6) is 1.29. The molecule has 1 N–H and O–H groups in total. The monoisotopic (exact) mass is 393 g/mol. The summed E-state index contributed by atoms with van der Waals surface area (Å²) in [6.07, 6.45) is 10.3. The number of aliphatic imine (C=N–C) groups is 1. The summed E-state index contributed by atoms with van der Waals surface area (Å²) < 4.78 is 0. The van der Waals surface area contributed by atoms with Gasteiger partial charge in [0.1, 0.15) is 17.6 Å². The van der Waals surface area contributed by atoms with Gasteiger partial charge >= 0.3 is 0 Å². The third-order valence-electron chi connectivity index (χ3n) is 4.78. The van der Waals surface area contributed by atoms with Gasteiger partial charge in [0.05, 0.1) is 5.71 Å². The molecule has 148 valence electrons. The van der Waals surface area contributed by atoms with E-state index in [1.165, 1.54) is 0 Å². The number of benzene rings is 1. The molecule has 1 aromatic carbocycles. The number of nitrogens with zero attached hydrogens (tertiary/aromatic N) is 4. The number of aromatic nitrogens is 2. The highest BCUT2D eigenvalue weighted by molar-refractivity contribution is 6.15. The smallest absolute Gasteiger partial charge is 0.153 e. The molecule has 0 unspecified atom stereocenters. The molecule has 0 saturated carbocycles. The van der Waals surface area contributed by atoms with E-state index in [9.17, 15) is 5.26 Å². The van der Waals surface area contributed by atoms with Crippen LogP contribution in [0.15, 0.2) is 77.5 Å². The largest absolute Gasteiger partial charge is 0.367 e. The van der Waals surface area contributed by atoms with E-state index < -0.39 is 0 Å². The van der Waals surface area contributed by atoms with Gasteiger partial charge in [-0.2, -0.15) is 5.26 Å². The van der Waals surface area contributed by atoms with Gasteiger partial charge < -0.3 is 5.32 Å². The zero-order valence-corrected chi connectivity index (χ0v) is 17.1. The number of fused-ring (bicyclic) bond motifs is 1. The molecule has 1 aliphatic rings. The lowest BCUT2D eigenvalue weighted by Gasteiger charge is -2.13. The van der Waals surface area contributed by atoms with E-state index in [0.717, 1.165) is 40.5 Å². The number of hydrogen-bond acceptors (Lipinski definition) is 5. The molecule has 5 heteroatoms. The van der Waals surface area contributed by atoms with Crippen molar-refractivity contribution in [3.05, 3.63) is 83.7 Å². The van der Waals surface area contributed by atoms with Crippen LogP contribution in [0.2, 0.25) is 0 Å². The summed E-state index contributed by atoms with van der Waals surface area (Å²) >= 11 is 0. The Kier molecular flexibility index (Phi) is 5.67. The maximum atomic E-state index is 9.30. The van der Waals surface area contributed by atoms with E-state index in [2.05, 4.69) is 51.7 Å². The van der Waals surface area contributed by atoms with E-state index in [0.29, 0.717) is 17.3 Å². The summed E-state index contributed by atoms with van der Waals surface area (Å²) in [5.41, 5.74) is 3.42. The number of anilines is 1. The molecule has 5 nitrogen and oxygen atoms in total. The SMILES string of the molecule is CC(C)Nc1nc(C#N)cc2cnc(/N=C(/C3=CCCC=C3)c3ccccc3)cc12. The Hall–Kier alpha value is -3.78. The molecule has 0 aliphatic heterocycles. The predicted molar refractivity (Wildman–Crippen MR) is 122 cm³/mol. The van der Waals surface area contributed by atoms with E-state index in [4.69, 9.17) is 4.99 Å². The molecule has 0 radical (unpaired) electrons. The first-order chi connectivity index (χ1) is 14.6. The Morgan fingerprint density at radius 3 is 2.70 bits per heavy atom. The molecule has 0 atom stereocenters. The Balaban J connectivity index is 1.86. The lowest BCUT2D eigenvalue weighted by molar-refractivity contribution is 0.891. The second-order valence-electron chi connectivity index (χ2n) is 7.50. The van der Waals surface area contributed by atoms with Crippen LogP contribution in [-0.4, -0.2) is 21.7 Å². The fourth-order valence-electron chi connectivity index (χ4n) is 3.43. The van der Waals surface area contributed by atoms with Gasteiger partial charge in [0.15, 0.2) is 5.82 Å². The van der Waals surface area contributed by atoms with Crippen LogP contribution in [0.25, 0.3) is 10.8 Å². The number of nitrogens with one attached hydrogen (secondary N) is 1. The highest BCUT2D eigenvalue weighted by Gasteiger charge is 2.12. The number of hydrogen-bond donors (Lipinski definition) is 1. The first kappa shape index (κ1) is 19.5. The van der Waals surface area contributed by atoms with E-state index >= 15 is 0 Å². The minimum atomic E-state index is 0.187. The molecule has 0 spiro atoms. The van der Waals surface area contributed by atoms with Crippen LogP contribution in [0.1, 0.15) is 37.9 Å². The molecule has 0 bridgehead atoms. The van der Waals surface area contributed by atoms with Gasteiger partial charge in [-0.15, -0.1) is 0 Å². The lowest BCUT2D eigenvalue weighted by Crippen LogP contribution is -2.12. The lowest BCUT2D eigenvalue weighted by atomic mass is 9.97. The van der Waals surface area contributed by atoms with Crippen LogP contribution in [0, 0.1) is 11.3 Å². The summed E-state index contributed by atoms with van der Waals surface area (Å²) in [5, 5.41) is 14.4. The molecule has 4 rings (SSSR count). The number of rotatable bonds is 5. The van der Waals surface area contributed by atoms with E-state index in [1.807, 2.05) is 38.1 Å². The zero-order chi connectivity index (χ0) is 20.9. The van der Waals surface area contributed by atoms with Gasteiger partial charge in [0.2, 0.25) is 0 Å². The fraction of sp³-hybridized carbons (Fsp3) is 0.200. The zero-order valence-electron chi connectivity index (χ0n) is 17.1. The van der Waals surface area contributed by atoms with Gasteiger partial charge in [-0.3, -0.25) is 0 Å². The van der Waals surface area contributed by atoms with Gasteiger partial charge in [-0.1, -0.05) is 48.6 Å². The Morgan fingerprint density at radius 1 is 1.17 bits per heavy atom. The minimum absolute atomic E-state index is 0.187. The van der Waals surface area contributed by atoms with Crippen LogP contribution in [-0.2, 0) is 0 Å². The average Bonchev–Trinajstić information content (AvgIpc) is 2.78. The first-order valence-electron chi connectivity index (χ1n) is 10.1. The standard InChI is InChI=1S/C25H23N5/c1-17(2)28-25-22-14-23(27-16-20(22)13-21(15-26)29-25)30-24(18-9-5-3-6-10-18)19-11-7-4-8-12-19/h3,5-7,9-14,16-17H,4,8H2,1-2H3,(H,28,29)/b30-24+. The molecule has 0 saturated heterocycles. The molecular formula is C25H23N5. The molecule has 30 heavy (non-hydrogen) atoms. The molecule has 2 aromatic heterocycles. The second kappa shape index (κ2) is 8.71. The number of nitriles is 1. The van der Waals surface area contributed by atoms with Gasteiger partial charge in [0, 0.05) is 28.6 Å². The molecule has 2 heterocycles. The molecule has 0 amide bonds. The van der Waals surface area contributed by atoms with Crippen LogP contribution in [0.4, 0.5) is 11.6 Å². The summed E-state index contributed by atoms with van der Waals surface area (Å²) in [4.78, 5) is 13.9. The van der Waals surface area contributed by atoms with Crippen LogP contribution in [0.5, 0.6) is 0 Å². The third kappa shape index (κ3) is 4.28. The Morgan fingerprint density at radius 2 is 2.00 bits per heavy atom. The summed E-state index contributed by atoms with van der Waals surface area (Å²) in [7, 11) is 0. The highest BCUT2D eigenvalue weighted by Crippen LogP contribution is 2.27. The fourth-order valence-corrected chi connectivity index (χ4v) is 3.43. The van der Waals surface area contributed by atoms with Crippen LogP contribution in [0.3, 0.4) is 0 Å². The number of pyridine rings is 2. The maximum absolute atomic E-state index is 9.30. The van der Waals surface area contributed by atoms with Gasteiger partial charge in [-0.05, 0) is 44.4 Å². The van der Waals surface area contributed by atoms with Crippen molar-refractivity contribution in [2.45, 2.75) is 32.7 Å². The molecule has 0 fully saturated rings. The Bertz CT molecular complexity index is 1200. The Labute approximate surface area is 176 Å². The summed E-state index contributed by atoms with van der Waals surface area (Å²) in [6, 6.07) is 16.2. The predicted octanol–water partition coefficient (Wildman–Crippen LogP) is 5.72.